The zero-order valence-corrected chi connectivity index (χ0v) is 19.2. The second kappa shape index (κ2) is 8.54. The molecule has 0 fully saturated rings. The van der Waals surface area contributed by atoms with Crippen molar-refractivity contribution in [1.29, 1.82) is 0 Å². The van der Waals surface area contributed by atoms with Crippen LogP contribution in [0.4, 0.5) is 33.5 Å². The number of benzene rings is 2. The highest BCUT2D eigenvalue weighted by atomic mass is 19.4. The minimum absolute atomic E-state index is 0.00336. The van der Waals surface area contributed by atoms with Crippen LogP contribution in [0.1, 0.15) is 35.8 Å². The van der Waals surface area contributed by atoms with Gasteiger partial charge in [0, 0.05) is 17.0 Å². The fourth-order valence-corrected chi connectivity index (χ4v) is 3.95. The summed E-state index contributed by atoms with van der Waals surface area (Å²) in [7, 11) is 0. The van der Waals surface area contributed by atoms with Crippen molar-refractivity contribution < 1.29 is 31.2 Å². The third-order valence-corrected chi connectivity index (χ3v) is 5.73. The second-order valence-electron chi connectivity index (χ2n) is 8.44. The van der Waals surface area contributed by atoms with Gasteiger partial charge in [0.25, 0.3) is 5.91 Å². The first-order chi connectivity index (χ1) is 17.5. The largest absolute Gasteiger partial charge is 0.460 e. The SMILES string of the molecule is CC(C)n1nc(-c2ccc3c(C(=O)Nc4cc(C(F)(F)F)ccc4F)coc3c2F)c2c(N)ncnc21. The van der Waals surface area contributed by atoms with Crippen LogP contribution in [0.2, 0.25) is 0 Å². The number of nitrogen functional groups attached to an aromatic ring is 1. The zero-order valence-electron chi connectivity index (χ0n) is 19.2. The van der Waals surface area contributed by atoms with E-state index >= 15 is 4.39 Å². The van der Waals surface area contributed by atoms with Crippen LogP contribution in [0, 0.1) is 11.6 Å². The number of nitrogens with two attached hydrogens (primary N) is 1. The highest BCUT2D eigenvalue weighted by Crippen LogP contribution is 2.37. The number of aromatic nitrogens is 4. The lowest BCUT2D eigenvalue weighted by Gasteiger charge is -2.10. The number of carbonyl (C=O) groups is 1. The normalized spacial score (nSPS) is 12.1. The Hall–Kier alpha value is -4.55. The summed E-state index contributed by atoms with van der Waals surface area (Å²) in [5, 5.41) is 6.90. The molecule has 2 aromatic carbocycles. The molecule has 0 saturated carbocycles. The molecule has 5 aromatic rings. The van der Waals surface area contributed by atoms with Gasteiger partial charge in [0.15, 0.2) is 17.0 Å². The van der Waals surface area contributed by atoms with E-state index in [1.165, 1.54) is 18.5 Å². The average Bonchev–Trinajstić information content (AvgIpc) is 3.43. The molecular weight excluding hydrogens is 499 g/mol. The van der Waals surface area contributed by atoms with Gasteiger partial charge in [-0.25, -0.2) is 23.4 Å². The fraction of sp³-hybridized carbons (Fsp3) is 0.167. The highest BCUT2D eigenvalue weighted by molar-refractivity contribution is 6.13. The lowest BCUT2D eigenvalue weighted by atomic mass is 10.0. The number of hydrogen-bond acceptors (Lipinski definition) is 6. The molecule has 0 aliphatic heterocycles. The van der Waals surface area contributed by atoms with Gasteiger partial charge in [0.1, 0.15) is 29.9 Å². The molecule has 0 spiro atoms. The van der Waals surface area contributed by atoms with Crippen molar-refractivity contribution in [3.63, 3.8) is 0 Å². The number of nitrogens with one attached hydrogen (secondary N) is 1. The first-order valence-corrected chi connectivity index (χ1v) is 10.8. The van der Waals surface area contributed by atoms with Gasteiger partial charge in [0.05, 0.1) is 22.2 Å². The van der Waals surface area contributed by atoms with Gasteiger partial charge in [-0.1, -0.05) is 0 Å². The minimum atomic E-state index is -4.74. The van der Waals surface area contributed by atoms with Crippen molar-refractivity contribution in [2.24, 2.45) is 0 Å². The van der Waals surface area contributed by atoms with E-state index in [2.05, 4.69) is 20.4 Å². The van der Waals surface area contributed by atoms with E-state index in [0.717, 1.165) is 6.26 Å². The summed E-state index contributed by atoms with van der Waals surface area (Å²) in [4.78, 5) is 20.9. The van der Waals surface area contributed by atoms with Crippen LogP contribution >= 0.6 is 0 Å². The molecule has 0 saturated heterocycles. The van der Waals surface area contributed by atoms with E-state index in [1.807, 2.05) is 13.8 Å². The molecule has 0 aliphatic carbocycles. The molecule has 0 aliphatic rings. The zero-order chi connectivity index (χ0) is 26.6. The number of halogens is 5. The van der Waals surface area contributed by atoms with Crippen molar-refractivity contribution in [1.82, 2.24) is 19.7 Å². The predicted molar refractivity (Wildman–Crippen MR) is 125 cm³/mol. The first-order valence-electron chi connectivity index (χ1n) is 10.8. The quantitative estimate of drug-likeness (QED) is 0.286. The maximum absolute atomic E-state index is 15.6. The van der Waals surface area contributed by atoms with Crippen LogP contribution in [-0.2, 0) is 6.18 Å². The molecule has 3 aromatic heterocycles. The Morgan fingerprint density at radius 3 is 2.59 bits per heavy atom. The summed E-state index contributed by atoms with van der Waals surface area (Å²) in [5.41, 5.74) is 4.25. The molecule has 190 valence electrons. The van der Waals surface area contributed by atoms with E-state index in [4.69, 9.17) is 10.2 Å². The van der Waals surface area contributed by atoms with E-state index < -0.39 is 35.0 Å². The van der Waals surface area contributed by atoms with Crippen molar-refractivity contribution in [2.75, 3.05) is 11.1 Å². The summed E-state index contributed by atoms with van der Waals surface area (Å²) < 4.78 is 75.6. The Morgan fingerprint density at radius 1 is 1.14 bits per heavy atom. The number of nitrogens with zero attached hydrogens (tertiary/aromatic N) is 4. The van der Waals surface area contributed by atoms with Crippen LogP contribution in [-0.4, -0.2) is 25.7 Å². The van der Waals surface area contributed by atoms with Crippen LogP contribution < -0.4 is 11.1 Å². The number of anilines is 2. The molecule has 1 amide bonds. The summed E-state index contributed by atoms with van der Waals surface area (Å²) in [6.07, 6.45) is -2.54. The highest BCUT2D eigenvalue weighted by Gasteiger charge is 2.31. The Labute approximate surface area is 204 Å². The number of carbonyl (C=O) groups excluding carboxylic acids is 1. The molecule has 0 atom stereocenters. The van der Waals surface area contributed by atoms with Gasteiger partial charge in [-0.2, -0.15) is 18.3 Å². The maximum Gasteiger partial charge on any atom is 0.416 e. The molecule has 37 heavy (non-hydrogen) atoms. The Morgan fingerprint density at radius 2 is 1.89 bits per heavy atom. The summed E-state index contributed by atoms with van der Waals surface area (Å²) in [6.45, 7) is 3.72. The molecule has 3 N–H and O–H groups in total. The Kier molecular flexibility index (Phi) is 5.57. The predicted octanol–water partition coefficient (Wildman–Crippen LogP) is 5.95. The van der Waals surface area contributed by atoms with E-state index in [9.17, 15) is 22.4 Å². The number of furan rings is 1. The maximum atomic E-state index is 15.6. The monoisotopic (exact) mass is 516 g/mol. The summed E-state index contributed by atoms with van der Waals surface area (Å²) >= 11 is 0. The molecule has 3 heterocycles. The average molecular weight is 516 g/mol. The van der Waals surface area contributed by atoms with E-state index in [1.54, 1.807) is 4.68 Å². The fourth-order valence-electron chi connectivity index (χ4n) is 3.95. The van der Waals surface area contributed by atoms with Crippen molar-refractivity contribution >= 4 is 39.4 Å². The molecule has 0 bridgehead atoms. The Bertz CT molecular complexity index is 1690. The molecule has 5 rings (SSSR count). The van der Waals surface area contributed by atoms with Gasteiger partial charge >= 0.3 is 6.18 Å². The summed E-state index contributed by atoms with van der Waals surface area (Å²) in [5.74, 6) is -2.83. The lowest BCUT2D eigenvalue weighted by molar-refractivity contribution is -0.137. The number of fused-ring (bicyclic) bond motifs is 2. The van der Waals surface area contributed by atoms with Gasteiger partial charge in [-0.15, -0.1) is 0 Å². The smallest absolute Gasteiger partial charge is 0.416 e. The van der Waals surface area contributed by atoms with Crippen LogP contribution in [0.5, 0.6) is 0 Å². The minimum Gasteiger partial charge on any atom is -0.460 e. The van der Waals surface area contributed by atoms with Crippen LogP contribution in [0.25, 0.3) is 33.3 Å². The first kappa shape index (κ1) is 24.2. The summed E-state index contributed by atoms with van der Waals surface area (Å²) in [6, 6.07) is 4.22. The van der Waals surface area contributed by atoms with Crippen LogP contribution in [0.15, 0.2) is 47.3 Å². The van der Waals surface area contributed by atoms with Gasteiger partial charge in [-0.3, -0.25) is 4.79 Å². The van der Waals surface area contributed by atoms with Crippen LogP contribution in [0.3, 0.4) is 0 Å². The third kappa shape index (κ3) is 4.01. The lowest BCUT2D eigenvalue weighted by Crippen LogP contribution is -2.14. The second-order valence-corrected chi connectivity index (χ2v) is 8.44. The van der Waals surface area contributed by atoms with E-state index in [0.29, 0.717) is 29.2 Å². The third-order valence-electron chi connectivity index (χ3n) is 5.73. The topological polar surface area (TPSA) is 112 Å². The molecular formula is C24H17F5N6O2. The number of amides is 1. The van der Waals surface area contributed by atoms with E-state index in [-0.39, 0.29) is 39.6 Å². The van der Waals surface area contributed by atoms with Crippen molar-refractivity contribution in [3.05, 3.63) is 65.7 Å². The Balaban J connectivity index is 1.57. The van der Waals surface area contributed by atoms with Gasteiger partial charge in [-0.05, 0) is 44.2 Å². The number of hydrogen-bond donors (Lipinski definition) is 2. The van der Waals surface area contributed by atoms with Crippen molar-refractivity contribution in [2.45, 2.75) is 26.1 Å². The van der Waals surface area contributed by atoms with Gasteiger partial charge in [0.2, 0.25) is 0 Å². The molecule has 8 nitrogen and oxygen atoms in total. The standard InChI is InChI=1S/C24H17F5N6O2/c1-10(2)35-22-17(21(30)31-9-32-22)19(34-35)13-5-4-12-14(8-37-20(12)18(13)26)23(36)33-16-7-11(24(27,28)29)3-6-15(16)25/h3-10H,1-2H3,(H,33,36)(H2,30,31,32). The molecule has 0 radical (unpaired) electrons. The molecule has 13 heteroatoms. The number of alkyl halides is 3. The number of rotatable bonds is 4. The molecule has 0 unspecified atom stereocenters. The van der Waals surface area contributed by atoms with Crippen molar-refractivity contribution in [3.8, 4) is 11.3 Å². The van der Waals surface area contributed by atoms with Gasteiger partial charge < -0.3 is 15.5 Å².